The molecule has 1 amide bonds. The van der Waals surface area contributed by atoms with Crippen molar-refractivity contribution < 1.29 is 31.5 Å². The summed E-state index contributed by atoms with van der Waals surface area (Å²) >= 11 is 1.07. The molecule has 0 spiro atoms. The maximum atomic E-state index is 12.9. The molecule has 0 saturated heterocycles. The molecule has 0 fully saturated rings. The van der Waals surface area contributed by atoms with E-state index in [4.69, 9.17) is 0 Å². The Balaban J connectivity index is 1.70. The average molecular weight is 442 g/mol. The van der Waals surface area contributed by atoms with Crippen LogP contribution in [0.15, 0.2) is 53.9 Å². The number of benzene rings is 2. The van der Waals surface area contributed by atoms with Crippen molar-refractivity contribution in [1.29, 1.82) is 0 Å². The molecule has 30 heavy (non-hydrogen) atoms. The fraction of sp³-hybridized carbons (Fsp3) is 0.200. The van der Waals surface area contributed by atoms with Gasteiger partial charge in [0, 0.05) is 24.5 Å². The van der Waals surface area contributed by atoms with Gasteiger partial charge in [0.2, 0.25) is 0 Å². The number of thiazole rings is 1. The second-order valence-corrected chi connectivity index (χ2v) is 7.16. The number of nitrogens with zero attached hydrogens (tertiary/aromatic N) is 2. The van der Waals surface area contributed by atoms with Gasteiger partial charge in [-0.3, -0.25) is 4.79 Å². The molecule has 1 heterocycles. The standard InChI is InChI=1S/C20H15F5N2O2S/c1-27(10-12-5-7-15(8-6-12)29-19(21)22)18(28)16-11-30-17(26-16)13-3-2-4-14(9-13)20(23,24)25/h2-9,11,19H,10H2,1H3. The monoisotopic (exact) mass is 442 g/mol. The molecular formula is C20H15F5N2O2S. The number of rotatable bonds is 6. The normalized spacial score (nSPS) is 11.6. The predicted octanol–water partition coefficient (Wildman–Crippen LogP) is 5.70. The Labute approximate surface area is 172 Å². The van der Waals surface area contributed by atoms with E-state index in [-0.39, 0.29) is 23.6 Å². The van der Waals surface area contributed by atoms with E-state index >= 15 is 0 Å². The lowest BCUT2D eigenvalue weighted by molar-refractivity contribution is -0.137. The number of carbonyl (C=O) groups excluding carboxylic acids is 1. The number of hydrogen-bond donors (Lipinski definition) is 0. The zero-order chi connectivity index (χ0) is 21.9. The number of ether oxygens (including phenoxy) is 1. The smallest absolute Gasteiger partial charge is 0.416 e. The fourth-order valence-electron chi connectivity index (χ4n) is 2.65. The Morgan fingerprint density at radius 2 is 1.87 bits per heavy atom. The quantitative estimate of drug-likeness (QED) is 0.460. The first-order valence-electron chi connectivity index (χ1n) is 8.56. The van der Waals surface area contributed by atoms with E-state index in [1.807, 2.05) is 0 Å². The van der Waals surface area contributed by atoms with Crippen molar-refractivity contribution in [2.75, 3.05) is 7.05 Å². The van der Waals surface area contributed by atoms with Gasteiger partial charge in [0.1, 0.15) is 16.5 Å². The van der Waals surface area contributed by atoms with Crippen LogP contribution in [-0.4, -0.2) is 29.5 Å². The summed E-state index contributed by atoms with van der Waals surface area (Å²) in [6.07, 6.45) is -4.47. The van der Waals surface area contributed by atoms with E-state index in [1.165, 1.54) is 41.6 Å². The van der Waals surface area contributed by atoms with Gasteiger partial charge in [-0.25, -0.2) is 4.98 Å². The van der Waals surface area contributed by atoms with Crippen LogP contribution in [0.1, 0.15) is 21.6 Å². The lowest BCUT2D eigenvalue weighted by Crippen LogP contribution is -2.26. The zero-order valence-electron chi connectivity index (χ0n) is 15.5. The highest BCUT2D eigenvalue weighted by Gasteiger charge is 2.30. The molecule has 4 nitrogen and oxygen atoms in total. The highest BCUT2D eigenvalue weighted by atomic mass is 32.1. The number of hydrogen-bond acceptors (Lipinski definition) is 4. The molecule has 2 aromatic carbocycles. The molecule has 0 radical (unpaired) electrons. The lowest BCUT2D eigenvalue weighted by Gasteiger charge is -2.16. The lowest BCUT2D eigenvalue weighted by atomic mass is 10.1. The molecule has 0 N–H and O–H groups in total. The minimum Gasteiger partial charge on any atom is -0.435 e. The van der Waals surface area contributed by atoms with Gasteiger partial charge in [0.15, 0.2) is 0 Å². The molecule has 0 saturated carbocycles. The summed E-state index contributed by atoms with van der Waals surface area (Å²) in [5.74, 6) is -0.412. The van der Waals surface area contributed by atoms with Gasteiger partial charge in [-0.2, -0.15) is 22.0 Å². The van der Waals surface area contributed by atoms with Crippen molar-refractivity contribution in [1.82, 2.24) is 9.88 Å². The van der Waals surface area contributed by atoms with E-state index in [9.17, 15) is 26.7 Å². The van der Waals surface area contributed by atoms with E-state index in [0.717, 1.165) is 23.5 Å². The summed E-state index contributed by atoms with van der Waals surface area (Å²) < 4.78 is 67.3. The van der Waals surface area contributed by atoms with Crippen molar-refractivity contribution in [3.63, 3.8) is 0 Å². The van der Waals surface area contributed by atoms with Crippen molar-refractivity contribution in [3.8, 4) is 16.3 Å². The van der Waals surface area contributed by atoms with Gasteiger partial charge >= 0.3 is 12.8 Å². The van der Waals surface area contributed by atoms with Gasteiger partial charge < -0.3 is 9.64 Å². The van der Waals surface area contributed by atoms with Gasteiger partial charge in [-0.15, -0.1) is 11.3 Å². The van der Waals surface area contributed by atoms with Crippen LogP contribution in [-0.2, 0) is 12.7 Å². The average Bonchev–Trinajstić information content (AvgIpc) is 3.18. The Morgan fingerprint density at radius 1 is 1.17 bits per heavy atom. The Hall–Kier alpha value is -3.01. The second kappa shape index (κ2) is 8.78. The molecule has 1 aromatic heterocycles. The first-order chi connectivity index (χ1) is 14.1. The summed E-state index contributed by atoms with van der Waals surface area (Å²) in [6, 6.07) is 10.6. The van der Waals surface area contributed by atoms with Crippen LogP contribution in [0.3, 0.4) is 0 Å². The van der Waals surface area contributed by atoms with Crippen LogP contribution in [0.4, 0.5) is 22.0 Å². The summed E-state index contributed by atoms with van der Waals surface area (Å²) in [6.45, 7) is -2.74. The molecule has 10 heteroatoms. The molecule has 0 aliphatic rings. The van der Waals surface area contributed by atoms with Crippen LogP contribution in [0.5, 0.6) is 5.75 Å². The first kappa shape index (κ1) is 21.7. The van der Waals surface area contributed by atoms with E-state index in [1.54, 1.807) is 12.1 Å². The number of alkyl halides is 5. The van der Waals surface area contributed by atoms with Crippen molar-refractivity contribution in [3.05, 3.63) is 70.7 Å². The Kier molecular flexibility index (Phi) is 6.35. The highest BCUT2D eigenvalue weighted by molar-refractivity contribution is 7.13. The van der Waals surface area contributed by atoms with Gasteiger partial charge in [-0.1, -0.05) is 24.3 Å². The first-order valence-corrected chi connectivity index (χ1v) is 9.44. The van der Waals surface area contributed by atoms with Gasteiger partial charge in [-0.05, 0) is 29.8 Å². The molecule has 0 aliphatic heterocycles. The summed E-state index contributed by atoms with van der Waals surface area (Å²) in [5, 5.41) is 1.78. The van der Waals surface area contributed by atoms with Crippen LogP contribution in [0, 0.1) is 0 Å². The summed E-state index contributed by atoms with van der Waals surface area (Å²) in [5.41, 5.74) is 0.263. The van der Waals surface area contributed by atoms with E-state index in [2.05, 4.69) is 9.72 Å². The largest absolute Gasteiger partial charge is 0.435 e. The number of amides is 1. The minimum absolute atomic E-state index is 0.00737. The third-order valence-electron chi connectivity index (χ3n) is 4.08. The number of carbonyl (C=O) groups is 1. The van der Waals surface area contributed by atoms with Crippen molar-refractivity contribution in [2.45, 2.75) is 19.3 Å². The summed E-state index contributed by atoms with van der Waals surface area (Å²) in [4.78, 5) is 18.1. The summed E-state index contributed by atoms with van der Waals surface area (Å²) in [7, 11) is 1.54. The van der Waals surface area contributed by atoms with E-state index < -0.39 is 24.3 Å². The third kappa shape index (κ3) is 5.32. The fourth-order valence-corrected chi connectivity index (χ4v) is 3.44. The van der Waals surface area contributed by atoms with Crippen LogP contribution in [0.2, 0.25) is 0 Å². The van der Waals surface area contributed by atoms with Crippen LogP contribution >= 0.6 is 11.3 Å². The molecule has 0 unspecified atom stereocenters. The van der Waals surface area contributed by atoms with Crippen molar-refractivity contribution >= 4 is 17.2 Å². The highest BCUT2D eigenvalue weighted by Crippen LogP contribution is 2.33. The zero-order valence-corrected chi connectivity index (χ0v) is 16.3. The van der Waals surface area contributed by atoms with Crippen molar-refractivity contribution in [2.24, 2.45) is 0 Å². The van der Waals surface area contributed by atoms with Crippen LogP contribution in [0.25, 0.3) is 10.6 Å². The maximum Gasteiger partial charge on any atom is 0.416 e. The second-order valence-electron chi connectivity index (χ2n) is 6.30. The topological polar surface area (TPSA) is 42.4 Å². The van der Waals surface area contributed by atoms with Gasteiger partial charge in [0.05, 0.1) is 5.56 Å². The molecule has 0 aliphatic carbocycles. The van der Waals surface area contributed by atoms with Crippen LogP contribution < -0.4 is 4.74 Å². The molecule has 158 valence electrons. The Morgan fingerprint density at radius 3 is 2.50 bits per heavy atom. The molecule has 3 rings (SSSR count). The number of aromatic nitrogens is 1. The molecule has 0 bridgehead atoms. The molecular weight excluding hydrogens is 427 g/mol. The SMILES string of the molecule is CN(Cc1ccc(OC(F)F)cc1)C(=O)c1csc(-c2cccc(C(F)(F)F)c2)n1. The third-order valence-corrected chi connectivity index (χ3v) is 4.97. The van der Waals surface area contributed by atoms with Gasteiger partial charge in [0.25, 0.3) is 5.91 Å². The molecule has 0 atom stereocenters. The predicted molar refractivity (Wildman–Crippen MR) is 101 cm³/mol. The number of halogens is 5. The molecule has 3 aromatic rings. The maximum absolute atomic E-state index is 12.9. The Bertz CT molecular complexity index is 1020. The minimum atomic E-state index is -4.47. The van der Waals surface area contributed by atoms with E-state index in [0.29, 0.717) is 10.6 Å².